The fraction of sp³-hybridized carbons (Fsp3) is 0.429. The maximum absolute atomic E-state index is 12.8. The molecular weight excluding hydrogens is 404 g/mol. The highest BCUT2D eigenvalue weighted by Gasteiger charge is 2.19. The van der Waals surface area contributed by atoms with Crippen LogP contribution in [0.1, 0.15) is 35.5 Å². The largest absolute Gasteiger partial charge is 0.383 e. The minimum Gasteiger partial charge on any atom is -0.383 e. The van der Waals surface area contributed by atoms with E-state index in [0.717, 1.165) is 5.56 Å². The van der Waals surface area contributed by atoms with Crippen LogP contribution >= 0.6 is 11.3 Å². The molecule has 0 fully saturated rings. The third-order valence-corrected chi connectivity index (χ3v) is 4.88. The summed E-state index contributed by atoms with van der Waals surface area (Å²) in [5, 5.41) is 7.62. The van der Waals surface area contributed by atoms with E-state index in [-0.39, 0.29) is 43.3 Å². The molecule has 9 heteroatoms. The summed E-state index contributed by atoms with van der Waals surface area (Å²) in [5.41, 5.74) is 2.15. The van der Waals surface area contributed by atoms with Crippen LogP contribution < -0.4 is 10.6 Å². The van der Waals surface area contributed by atoms with Gasteiger partial charge in [0.2, 0.25) is 11.8 Å². The molecule has 0 spiro atoms. The molecule has 2 N–H and O–H groups in total. The Labute approximate surface area is 180 Å². The van der Waals surface area contributed by atoms with Gasteiger partial charge >= 0.3 is 0 Å². The van der Waals surface area contributed by atoms with E-state index in [1.165, 1.54) is 16.2 Å². The number of aryl methyl sites for hydroxylation is 1. The number of amides is 3. The molecule has 1 aromatic carbocycles. The van der Waals surface area contributed by atoms with Crippen molar-refractivity contribution in [3.05, 3.63) is 46.5 Å². The maximum atomic E-state index is 12.8. The van der Waals surface area contributed by atoms with Gasteiger partial charge in [0.05, 0.1) is 18.7 Å². The van der Waals surface area contributed by atoms with Gasteiger partial charge in [-0.05, 0) is 32.9 Å². The molecule has 2 rings (SSSR count). The molecule has 0 radical (unpaired) electrons. The van der Waals surface area contributed by atoms with Crippen LogP contribution in [0.25, 0.3) is 0 Å². The van der Waals surface area contributed by atoms with Crippen LogP contribution in [0.4, 0.5) is 5.13 Å². The van der Waals surface area contributed by atoms with Crippen LogP contribution in [-0.2, 0) is 20.7 Å². The molecule has 0 atom stereocenters. The number of anilines is 1. The maximum Gasteiger partial charge on any atom is 0.254 e. The normalized spacial score (nSPS) is 10.7. The zero-order valence-electron chi connectivity index (χ0n) is 17.7. The summed E-state index contributed by atoms with van der Waals surface area (Å²) in [6.45, 7) is 6.19. The first-order valence-electron chi connectivity index (χ1n) is 9.67. The number of nitrogens with one attached hydrogen (secondary N) is 2. The van der Waals surface area contributed by atoms with Gasteiger partial charge in [-0.3, -0.25) is 14.4 Å². The van der Waals surface area contributed by atoms with Crippen molar-refractivity contribution in [2.45, 2.75) is 33.2 Å². The van der Waals surface area contributed by atoms with Gasteiger partial charge < -0.3 is 20.3 Å². The van der Waals surface area contributed by atoms with Crippen LogP contribution in [-0.4, -0.2) is 60.5 Å². The van der Waals surface area contributed by atoms with Gasteiger partial charge in [0.1, 0.15) is 6.54 Å². The van der Waals surface area contributed by atoms with Crippen molar-refractivity contribution in [2.75, 3.05) is 32.1 Å². The number of thiazole rings is 1. The summed E-state index contributed by atoms with van der Waals surface area (Å²) in [6.07, 6.45) is 0.149. The molecule has 162 valence electrons. The number of hydrogen-bond acceptors (Lipinski definition) is 6. The Morgan fingerprint density at radius 2 is 1.87 bits per heavy atom. The standard InChI is InChI=1S/C21H28N4O4S/c1-14(2)22-18(26)11-17-13-30-21(23-17)24-19(27)12-25(9-10-29-4)20(28)16-7-5-15(3)6-8-16/h5-8,13-14H,9-12H2,1-4H3,(H,22,26)(H,23,24,27). The van der Waals surface area contributed by atoms with E-state index >= 15 is 0 Å². The third kappa shape index (κ3) is 7.57. The molecule has 2 aromatic rings. The zero-order chi connectivity index (χ0) is 22.1. The highest BCUT2D eigenvalue weighted by atomic mass is 32.1. The average Bonchev–Trinajstić information content (AvgIpc) is 3.10. The number of aromatic nitrogens is 1. The number of benzene rings is 1. The second-order valence-electron chi connectivity index (χ2n) is 7.18. The van der Waals surface area contributed by atoms with Gasteiger partial charge in [-0.2, -0.15) is 0 Å². The quantitative estimate of drug-likeness (QED) is 0.600. The lowest BCUT2D eigenvalue weighted by atomic mass is 10.1. The molecule has 1 aromatic heterocycles. The first-order chi connectivity index (χ1) is 14.3. The molecule has 0 aliphatic carbocycles. The molecule has 0 saturated heterocycles. The SMILES string of the molecule is COCCN(CC(=O)Nc1nc(CC(=O)NC(C)C)cs1)C(=O)c1ccc(C)cc1. The zero-order valence-corrected chi connectivity index (χ0v) is 18.5. The number of hydrogen-bond donors (Lipinski definition) is 2. The Bertz CT molecular complexity index is 864. The predicted octanol–water partition coefficient (Wildman–Crippen LogP) is 2.25. The van der Waals surface area contributed by atoms with E-state index < -0.39 is 0 Å². The summed E-state index contributed by atoms with van der Waals surface area (Å²) in [4.78, 5) is 42.8. The lowest BCUT2D eigenvalue weighted by molar-refractivity contribution is -0.121. The summed E-state index contributed by atoms with van der Waals surface area (Å²) in [5.74, 6) is -0.728. The molecule has 0 aliphatic heterocycles. The first kappa shape index (κ1) is 23.5. The molecule has 0 bridgehead atoms. The van der Waals surface area contributed by atoms with E-state index in [9.17, 15) is 14.4 Å². The Morgan fingerprint density at radius 1 is 1.17 bits per heavy atom. The Hall–Kier alpha value is -2.78. The van der Waals surface area contributed by atoms with Gasteiger partial charge in [0, 0.05) is 30.6 Å². The molecule has 8 nitrogen and oxygen atoms in total. The van der Waals surface area contributed by atoms with Crippen molar-refractivity contribution in [1.82, 2.24) is 15.2 Å². The van der Waals surface area contributed by atoms with E-state index in [1.54, 1.807) is 24.6 Å². The molecule has 1 heterocycles. The molecule has 3 amide bonds. The Balaban J connectivity index is 1.98. The highest BCUT2D eigenvalue weighted by Crippen LogP contribution is 2.16. The summed E-state index contributed by atoms with van der Waals surface area (Å²) < 4.78 is 5.07. The average molecular weight is 433 g/mol. The van der Waals surface area contributed by atoms with Gasteiger partial charge in [-0.1, -0.05) is 17.7 Å². The van der Waals surface area contributed by atoms with E-state index in [4.69, 9.17) is 4.74 Å². The number of nitrogens with zero attached hydrogens (tertiary/aromatic N) is 2. The van der Waals surface area contributed by atoms with E-state index in [2.05, 4.69) is 15.6 Å². The minimum atomic E-state index is -0.362. The monoisotopic (exact) mass is 432 g/mol. The molecule has 0 saturated carbocycles. The van der Waals surface area contributed by atoms with Crippen molar-refractivity contribution in [2.24, 2.45) is 0 Å². The van der Waals surface area contributed by atoms with Crippen LogP contribution in [0.2, 0.25) is 0 Å². The number of carbonyl (C=O) groups excluding carboxylic acids is 3. The van der Waals surface area contributed by atoms with Crippen LogP contribution in [0.3, 0.4) is 0 Å². The Morgan fingerprint density at radius 3 is 2.50 bits per heavy atom. The third-order valence-electron chi connectivity index (χ3n) is 4.07. The summed E-state index contributed by atoms with van der Waals surface area (Å²) in [6, 6.07) is 7.25. The predicted molar refractivity (Wildman–Crippen MR) is 117 cm³/mol. The topological polar surface area (TPSA) is 101 Å². The number of carbonyl (C=O) groups is 3. The molecule has 0 aliphatic rings. The minimum absolute atomic E-state index is 0.0551. The van der Waals surface area contributed by atoms with Crippen LogP contribution in [0.5, 0.6) is 0 Å². The van der Waals surface area contributed by atoms with Gasteiger partial charge in [0.15, 0.2) is 5.13 Å². The smallest absolute Gasteiger partial charge is 0.254 e. The number of rotatable bonds is 10. The number of ether oxygens (including phenoxy) is 1. The van der Waals surface area contributed by atoms with Crippen molar-refractivity contribution in [1.29, 1.82) is 0 Å². The van der Waals surface area contributed by atoms with E-state index in [1.807, 2.05) is 32.9 Å². The Kier molecular flexibility index (Phi) is 8.94. The summed E-state index contributed by atoms with van der Waals surface area (Å²) >= 11 is 1.24. The molecule has 0 unspecified atom stereocenters. The van der Waals surface area contributed by atoms with Gasteiger partial charge in [-0.15, -0.1) is 11.3 Å². The summed E-state index contributed by atoms with van der Waals surface area (Å²) in [7, 11) is 1.54. The van der Waals surface area contributed by atoms with Crippen LogP contribution in [0, 0.1) is 6.92 Å². The molecule has 30 heavy (non-hydrogen) atoms. The van der Waals surface area contributed by atoms with Gasteiger partial charge in [0.25, 0.3) is 5.91 Å². The first-order valence-corrected chi connectivity index (χ1v) is 10.5. The number of methoxy groups -OCH3 is 1. The lowest BCUT2D eigenvalue weighted by Crippen LogP contribution is -2.40. The second kappa shape index (κ2) is 11.4. The fourth-order valence-corrected chi connectivity index (χ4v) is 3.37. The van der Waals surface area contributed by atoms with Crippen molar-refractivity contribution in [3.8, 4) is 0 Å². The highest BCUT2D eigenvalue weighted by molar-refractivity contribution is 7.13. The second-order valence-corrected chi connectivity index (χ2v) is 8.03. The fourth-order valence-electron chi connectivity index (χ4n) is 2.65. The lowest BCUT2D eigenvalue weighted by Gasteiger charge is -2.21. The van der Waals surface area contributed by atoms with E-state index in [0.29, 0.717) is 23.0 Å². The van der Waals surface area contributed by atoms with Crippen molar-refractivity contribution >= 4 is 34.2 Å². The molecular formula is C21H28N4O4S. The van der Waals surface area contributed by atoms with Crippen LogP contribution in [0.15, 0.2) is 29.6 Å². The van der Waals surface area contributed by atoms with Crippen molar-refractivity contribution < 1.29 is 19.1 Å². The van der Waals surface area contributed by atoms with Crippen molar-refractivity contribution in [3.63, 3.8) is 0 Å². The van der Waals surface area contributed by atoms with Gasteiger partial charge in [-0.25, -0.2) is 4.98 Å².